The van der Waals surface area contributed by atoms with Crippen LogP contribution in [0.4, 0.5) is 0 Å². The molecule has 4 saturated carbocycles. The van der Waals surface area contributed by atoms with Crippen LogP contribution in [0.1, 0.15) is 65.7 Å². The second-order valence-electron chi connectivity index (χ2n) is 9.67. The van der Waals surface area contributed by atoms with Gasteiger partial charge in [-0.25, -0.2) is 0 Å². The van der Waals surface area contributed by atoms with Crippen molar-refractivity contribution < 1.29 is 15.0 Å². The van der Waals surface area contributed by atoms with Crippen LogP contribution >= 0.6 is 0 Å². The molecule has 0 aromatic carbocycles. The maximum atomic E-state index is 12.7. The van der Waals surface area contributed by atoms with Crippen molar-refractivity contribution in [1.82, 2.24) is 0 Å². The third-order valence-electron chi connectivity index (χ3n) is 8.75. The van der Waals surface area contributed by atoms with Gasteiger partial charge in [-0.15, -0.1) is 0 Å². The lowest BCUT2D eigenvalue weighted by Gasteiger charge is -2.61. The molecular weight excluding hydrogens is 288 g/mol. The molecule has 2 N–H and O–H groups in total. The monoisotopic (exact) mass is 320 g/mol. The molecule has 0 radical (unpaired) electrons. The fraction of sp³-hybridized carbons (Fsp3) is 0.950. The van der Waals surface area contributed by atoms with Crippen molar-refractivity contribution in [2.24, 2.45) is 40.4 Å². The number of carbonyl (C=O) groups is 1. The minimum atomic E-state index is -0.728. The summed E-state index contributed by atoms with van der Waals surface area (Å²) in [6.45, 7) is 6.87. The summed E-state index contributed by atoms with van der Waals surface area (Å²) in [5.41, 5.74) is 0.162. The lowest BCUT2D eigenvalue weighted by atomic mass is 9.43. The van der Waals surface area contributed by atoms with Crippen molar-refractivity contribution in [3.63, 3.8) is 0 Å². The Morgan fingerprint density at radius 1 is 0.957 bits per heavy atom. The number of ketones is 1. The smallest absolute Gasteiger partial charge is 0.165 e. The molecule has 0 bridgehead atoms. The highest BCUT2D eigenvalue weighted by Gasteiger charge is 2.63. The van der Waals surface area contributed by atoms with Gasteiger partial charge in [0.15, 0.2) is 5.78 Å². The first-order valence-corrected chi connectivity index (χ1v) is 9.69. The van der Waals surface area contributed by atoms with E-state index >= 15 is 0 Å². The summed E-state index contributed by atoms with van der Waals surface area (Å²) >= 11 is 0. The quantitative estimate of drug-likeness (QED) is 0.721. The Labute approximate surface area is 139 Å². The zero-order valence-electron chi connectivity index (χ0n) is 14.8. The minimum Gasteiger partial charge on any atom is -0.393 e. The van der Waals surface area contributed by atoms with E-state index in [2.05, 4.69) is 20.8 Å². The maximum absolute atomic E-state index is 12.7. The lowest BCUT2D eigenvalue weighted by Crippen LogP contribution is -2.59. The number of Topliss-reactive ketones (excluding diaryl/α,β-unsaturated/α-hetero) is 1. The van der Waals surface area contributed by atoms with Crippen LogP contribution in [0, 0.1) is 40.4 Å². The Morgan fingerprint density at radius 3 is 2.35 bits per heavy atom. The molecule has 0 aliphatic heterocycles. The zero-order valence-corrected chi connectivity index (χ0v) is 14.8. The first kappa shape index (κ1) is 16.1. The number of hydrogen-bond acceptors (Lipinski definition) is 3. The van der Waals surface area contributed by atoms with E-state index in [1.807, 2.05) is 0 Å². The van der Waals surface area contributed by atoms with Crippen LogP contribution in [-0.2, 0) is 4.79 Å². The molecule has 0 heterocycles. The molecule has 9 atom stereocenters. The number of aliphatic hydroxyl groups is 2. The molecule has 0 amide bonds. The van der Waals surface area contributed by atoms with Gasteiger partial charge in [-0.2, -0.15) is 0 Å². The Bertz CT molecular complexity index is 517. The number of rotatable bonds is 0. The summed E-state index contributed by atoms with van der Waals surface area (Å²) in [5, 5.41) is 20.6. The molecule has 3 heteroatoms. The average Bonchev–Trinajstić information content (AvgIpc) is 2.79. The molecule has 130 valence electrons. The van der Waals surface area contributed by atoms with Gasteiger partial charge in [-0.3, -0.25) is 4.79 Å². The first-order chi connectivity index (χ1) is 10.8. The van der Waals surface area contributed by atoms with E-state index in [0.29, 0.717) is 30.1 Å². The SMILES string of the molecule is CC1C[C@H]2[C@@H]3CC[C@H](O)[C@@]3(C)CC[C@@H]2[C@@]2(C)CC[C@H](O)C(=O)C12. The number of carbonyl (C=O) groups excluding carboxylic acids is 1. The third kappa shape index (κ3) is 1.99. The van der Waals surface area contributed by atoms with Gasteiger partial charge in [0.1, 0.15) is 6.10 Å². The van der Waals surface area contributed by atoms with Gasteiger partial charge in [0, 0.05) is 5.92 Å². The Balaban J connectivity index is 1.70. The summed E-state index contributed by atoms with van der Waals surface area (Å²) in [4.78, 5) is 12.7. The Morgan fingerprint density at radius 2 is 1.61 bits per heavy atom. The molecule has 4 aliphatic carbocycles. The van der Waals surface area contributed by atoms with E-state index in [1.54, 1.807) is 0 Å². The van der Waals surface area contributed by atoms with Crippen molar-refractivity contribution in [3.05, 3.63) is 0 Å². The van der Waals surface area contributed by atoms with Crippen LogP contribution in [0.5, 0.6) is 0 Å². The van der Waals surface area contributed by atoms with E-state index in [0.717, 1.165) is 38.5 Å². The topological polar surface area (TPSA) is 57.5 Å². The van der Waals surface area contributed by atoms with E-state index in [9.17, 15) is 15.0 Å². The lowest BCUT2D eigenvalue weighted by molar-refractivity contribution is -0.170. The Kier molecular flexibility index (Phi) is 3.53. The second kappa shape index (κ2) is 5.05. The summed E-state index contributed by atoms with van der Waals surface area (Å²) in [6, 6.07) is 0. The highest BCUT2D eigenvalue weighted by Crippen LogP contribution is 2.66. The summed E-state index contributed by atoms with van der Waals surface area (Å²) < 4.78 is 0. The van der Waals surface area contributed by atoms with Gasteiger partial charge < -0.3 is 10.2 Å². The standard InChI is InChI=1S/C20H32O3/c1-11-10-12-13-4-5-16(22)19(13,2)8-6-14(12)20(3)9-7-15(21)18(23)17(11)20/h11-17,21-22H,4-10H2,1-3H3/t11?,12-,13-,14-,15-,16-,17?,19-,20+/m0/s1. The first-order valence-electron chi connectivity index (χ1n) is 9.69. The van der Waals surface area contributed by atoms with Crippen LogP contribution in [0.25, 0.3) is 0 Å². The molecule has 0 spiro atoms. The normalized spacial score (nSPS) is 59.2. The largest absolute Gasteiger partial charge is 0.393 e. The summed E-state index contributed by atoms with van der Waals surface area (Å²) in [5.74, 6) is 2.41. The maximum Gasteiger partial charge on any atom is 0.165 e. The molecule has 4 aliphatic rings. The number of fused-ring (bicyclic) bond motifs is 5. The third-order valence-corrected chi connectivity index (χ3v) is 8.75. The van der Waals surface area contributed by atoms with E-state index in [1.165, 1.54) is 0 Å². The van der Waals surface area contributed by atoms with E-state index < -0.39 is 6.10 Å². The minimum absolute atomic E-state index is 0.0446. The molecule has 0 aromatic heterocycles. The molecule has 2 unspecified atom stereocenters. The number of hydrogen-bond donors (Lipinski definition) is 2. The van der Waals surface area contributed by atoms with Crippen LogP contribution in [-0.4, -0.2) is 28.2 Å². The van der Waals surface area contributed by atoms with Crippen LogP contribution in [0.3, 0.4) is 0 Å². The highest BCUT2D eigenvalue weighted by atomic mass is 16.3. The van der Waals surface area contributed by atoms with Gasteiger partial charge in [-0.05, 0) is 79.4 Å². The van der Waals surface area contributed by atoms with E-state index in [-0.39, 0.29) is 28.6 Å². The summed E-state index contributed by atoms with van der Waals surface area (Å²) in [6.07, 6.45) is 6.24. The molecule has 3 nitrogen and oxygen atoms in total. The predicted molar refractivity (Wildman–Crippen MR) is 88.7 cm³/mol. The van der Waals surface area contributed by atoms with Gasteiger partial charge in [0.2, 0.25) is 0 Å². The molecule has 4 fully saturated rings. The molecular formula is C20H32O3. The fourth-order valence-electron chi connectivity index (χ4n) is 7.60. The van der Waals surface area contributed by atoms with Gasteiger partial charge in [0.25, 0.3) is 0 Å². The highest BCUT2D eigenvalue weighted by molar-refractivity contribution is 5.87. The second-order valence-corrected chi connectivity index (χ2v) is 9.67. The Hall–Kier alpha value is -0.410. The van der Waals surface area contributed by atoms with Crippen LogP contribution in [0.2, 0.25) is 0 Å². The average molecular weight is 320 g/mol. The van der Waals surface area contributed by atoms with Crippen molar-refractivity contribution in [1.29, 1.82) is 0 Å². The van der Waals surface area contributed by atoms with E-state index in [4.69, 9.17) is 0 Å². The number of aliphatic hydroxyl groups excluding tert-OH is 2. The molecule has 4 rings (SSSR count). The molecule has 0 aromatic rings. The van der Waals surface area contributed by atoms with Crippen LogP contribution in [0.15, 0.2) is 0 Å². The van der Waals surface area contributed by atoms with Gasteiger partial charge in [0.05, 0.1) is 6.10 Å². The van der Waals surface area contributed by atoms with Crippen molar-refractivity contribution >= 4 is 5.78 Å². The fourth-order valence-corrected chi connectivity index (χ4v) is 7.60. The van der Waals surface area contributed by atoms with Crippen molar-refractivity contribution in [2.45, 2.75) is 77.9 Å². The zero-order chi connectivity index (χ0) is 16.6. The summed E-state index contributed by atoms with van der Waals surface area (Å²) in [7, 11) is 0. The van der Waals surface area contributed by atoms with Gasteiger partial charge in [-0.1, -0.05) is 20.8 Å². The van der Waals surface area contributed by atoms with Crippen molar-refractivity contribution in [3.8, 4) is 0 Å². The predicted octanol–water partition coefficient (Wildman–Crippen LogP) is 3.18. The molecule has 0 saturated heterocycles. The molecule has 23 heavy (non-hydrogen) atoms. The van der Waals surface area contributed by atoms with Crippen LogP contribution < -0.4 is 0 Å². The van der Waals surface area contributed by atoms with Crippen molar-refractivity contribution in [2.75, 3.05) is 0 Å². The van der Waals surface area contributed by atoms with Gasteiger partial charge >= 0.3 is 0 Å².